The highest BCUT2D eigenvalue weighted by molar-refractivity contribution is 8.01. The zero-order chi connectivity index (χ0) is 18.2. The summed E-state index contributed by atoms with van der Waals surface area (Å²) in [5.74, 6) is 1.84. The molecule has 3 aromatic rings. The van der Waals surface area contributed by atoms with E-state index in [1.165, 1.54) is 11.3 Å². The molecule has 0 unspecified atom stereocenters. The number of methoxy groups -OCH3 is 1. The Morgan fingerprint density at radius 1 is 1.12 bits per heavy atom. The lowest BCUT2D eigenvalue weighted by atomic mass is 10.1. The van der Waals surface area contributed by atoms with Crippen molar-refractivity contribution in [2.45, 2.75) is 17.2 Å². The summed E-state index contributed by atoms with van der Waals surface area (Å²) in [6, 6.07) is 17.1. The molecular weight excluding hydrogens is 366 g/mol. The third kappa shape index (κ3) is 5.31. The molecule has 0 amide bonds. The van der Waals surface area contributed by atoms with Gasteiger partial charge in [0.25, 0.3) is 0 Å². The largest absolute Gasteiger partial charge is 0.497 e. The molecule has 0 aliphatic heterocycles. The Hall–Kier alpha value is -2.38. The van der Waals surface area contributed by atoms with Crippen molar-refractivity contribution in [3.8, 4) is 5.75 Å². The smallest absolute Gasteiger partial charge is 0.210 e. The molecule has 0 bridgehead atoms. The second-order valence-electron chi connectivity index (χ2n) is 5.47. The predicted molar refractivity (Wildman–Crippen MR) is 107 cm³/mol. The average Bonchev–Trinajstić information content (AvgIpc) is 3.13. The zero-order valence-electron chi connectivity index (χ0n) is 14.3. The second kappa shape index (κ2) is 9.35. The molecule has 0 aliphatic rings. The number of ether oxygens (including phenoxy) is 1. The summed E-state index contributed by atoms with van der Waals surface area (Å²) >= 11 is 3.13. The fourth-order valence-corrected chi connectivity index (χ4v) is 4.06. The number of aromatic nitrogens is 2. The normalized spacial score (nSPS) is 10.5. The fraction of sp³-hybridized carbons (Fsp3) is 0.211. The number of Topliss-reactive ketones (excluding diaryl/α,β-unsaturated/α-hetero) is 1. The molecule has 26 heavy (non-hydrogen) atoms. The lowest BCUT2D eigenvalue weighted by molar-refractivity contribution is 0.0982. The van der Waals surface area contributed by atoms with E-state index in [-0.39, 0.29) is 5.78 Å². The van der Waals surface area contributed by atoms with Crippen molar-refractivity contribution >= 4 is 39.7 Å². The van der Waals surface area contributed by atoms with E-state index in [4.69, 9.17) is 4.74 Å². The Morgan fingerprint density at radius 3 is 2.62 bits per heavy atom. The van der Waals surface area contributed by atoms with Gasteiger partial charge in [0.15, 0.2) is 10.1 Å². The molecule has 0 saturated carbocycles. The van der Waals surface area contributed by atoms with E-state index < -0.39 is 0 Å². The third-order valence-electron chi connectivity index (χ3n) is 3.62. The van der Waals surface area contributed by atoms with E-state index >= 15 is 0 Å². The van der Waals surface area contributed by atoms with Crippen molar-refractivity contribution in [3.63, 3.8) is 0 Å². The van der Waals surface area contributed by atoms with Crippen LogP contribution in [0, 0.1) is 0 Å². The van der Waals surface area contributed by atoms with Crippen molar-refractivity contribution in [2.24, 2.45) is 0 Å². The summed E-state index contributed by atoms with van der Waals surface area (Å²) in [6.07, 6.45) is 1.37. The molecule has 1 N–H and O–H groups in total. The standard InChI is InChI=1S/C19H19N3O2S2/c1-24-16-11-9-15(10-12-16)20-18-21-22-19(26-18)25-13-5-8-17(23)14-6-3-2-4-7-14/h2-4,6-7,9-12H,5,8,13H2,1H3,(H,20,21). The first-order valence-electron chi connectivity index (χ1n) is 8.20. The van der Waals surface area contributed by atoms with Crippen LogP contribution in [-0.4, -0.2) is 28.8 Å². The first kappa shape index (κ1) is 18.4. The third-order valence-corrected chi connectivity index (χ3v) is 5.68. The molecule has 0 fully saturated rings. The molecule has 0 saturated heterocycles. The maximum atomic E-state index is 12.1. The summed E-state index contributed by atoms with van der Waals surface area (Å²) in [5.41, 5.74) is 1.71. The molecule has 5 nitrogen and oxygen atoms in total. The molecule has 2 aromatic carbocycles. The molecule has 1 aromatic heterocycles. The van der Waals surface area contributed by atoms with Crippen molar-refractivity contribution in [1.82, 2.24) is 10.2 Å². The van der Waals surface area contributed by atoms with Crippen LogP contribution in [-0.2, 0) is 0 Å². The monoisotopic (exact) mass is 385 g/mol. The predicted octanol–water partition coefficient (Wildman–Crippen LogP) is 5.05. The van der Waals surface area contributed by atoms with Crippen LogP contribution in [0.4, 0.5) is 10.8 Å². The van der Waals surface area contributed by atoms with Crippen LogP contribution in [0.3, 0.4) is 0 Å². The molecule has 3 rings (SSSR count). The van der Waals surface area contributed by atoms with Crippen LogP contribution in [0.2, 0.25) is 0 Å². The number of ketones is 1. The molecule has 0 spiro atoms. The Kier molecular flexibility index (Phi) is 6.62. The molecule has 7 heteroatoms. The summed E-state index contributed by atoms with van der Waals surface area (Å²) in [6.45, 7) is 0. The summed E-state index contributed by atoms with van der Waals surface area (Å²) in [4.78, 5) is 12.1. The number of nitrogens with one attached hydrogen (secondary N) is 1. The van der Waals surface area contributed by atoms with Gasteiger partial charge in [0, 0.05) is 23.4 Å². The fourth-order valence-electron chi connectivity index (χ4n) is 2.28. The molecule has 134 valence electrons. The maximum absolute atomic E-state index is 12.1. The van der Waals surface area contributed by atoms with Gasteiger partial charge in [-0.2, -0.15) is 0 Å². The summed E-state index contributed by atoms with van der Waals surface area (Å²) in [7, 11) is 1.64. The van der Waals surface area contributed by atoms with Gasteiger partial charge in [-0.1, -0.05) is 53.4 Å². The molecule has 1 heterocycles. The molecule has 0 atom stereocenters. The SMILES string of the molecule is COc1ccc(Nc2nnc(SCCCC(=O)c3ccccc3)s2)cc1. The van der Waals surface area contributed by atoms with E-state index in [9.17, 15) is 4.79 Å². The van der Waals surface area contributed by atoms with E-state index in [0.29, 0.717) is 6.42 Å². The van der Waals surface area contributed by atoms with Crippen molar-refractivity contribution in [3.05, 3.63) is 60.2 Å². The quantitative estimate of drug-likeness (QED) is 0.316. The Morgan fingerprint density at radius 2 is 1.88 bits per heavy atom. The number of carbonyl (C=O) groups excluding carboxylic acids is 1. The maximum Gasteiger partial charge on any atom is 0.210 e. The highest BCUT2D eigenvalue weighted by Gasteiger charge is 2.08. The number of thioether (sulfide) groups is 1. The van der Waals surface area contributed by atoms with Crippen molar-refractivity contribution in [2.75, 3.05) is 18.2 Å². The molecular formula is C19H19N3O2S2. The summed E-state index contributed by atoms with van der Waals surface area (Å²) in [5, 5.41) is 12.3. The van der Waals surface area contributed by atoms with E-state index in [0.717, 1.165) is 38.6 Å². The van der Waals surface area contributed by atoms with E-state index in [2.05, 4.69) is 15.5 Å². The van der Waals surface area contributed by atoms with E-state index in [1.807, 2.05) is 54.6 Å². The summed E-state index contributed by atoms with van der Waals surface area (Å²) < 4.78 is 6.04. The van der Waals surface area contributed by atoms with Gasteiger partial charge in [0.1, 0.15) is 5.75 Å². The second-order valence-corrected chi connectivity index (χ2v) is 7.79. The van der Waals surface area contributed by atoms with Gasteiger partial charge >= 0.3 is 0 Å². The Bertz CT molecular complexity index is 836. The lowest BCUT2D eigenvalue weighted by Crippen LogP contribution is -1.98. The zero-order valence-corrected chi connectivity index (χ0v) is 16.0. The van der Waals surface area contributed by atoms with Crippen LogP contribution in [0.1, 0.15) is 23.2 Å². The van der Waals surface area contributed by atoms with E-state index in [1.54, 1.807) is 18.9 Å². The number of hydrogen-bond acceptors (Lipinski definition) is 7. The number of nitrogens with zero attached hydrogens (tertiary/aromatic N) is 2. The first-order valence-corrected chi connectivity index (χ1v) is 10.0. The lowest BCUT2D eigenvalue weighted by Gasteiger charge is -2.03. The van der Waals surface area contributed by atoms with Gasteiger partial charge in [-0.05, 0) is 30.7 Å². The number of anilines is 2. The number of rotatable bonds is 9. The minimum absolute atomic E-state index is 0.185. The van der Waals surface area contributed by atoms with Crippen LogP contribution in [0.25, 0.3) is 0 Å². The van der Waals surface area contributed by atoms with Crippen molar-refractivity contribution < 1.29 is 9.53 Å². The highest BCUT2D eigenvalue weighted by Crippen LogP contribution is 2.28. The highest BCUT2D eigenvalue weighted by atomic mass is 32.2. The Balaban J connectivity index is 1.42. The Labute approximate surface area is 160 Å². The van der Waals surface area contributed by atoms with Gasteiger partial charge in [0.2, 0.25) is 5.13 Å². The molecule has 0 radical (unpaired) electrons. The van der Waals surface area contributed by atoms with Crippen LogP contribution in [0.5, 0.6) is 5.75 Å². The topological polar surface area (TPSA) is 64.1 Å². The van der Waals surface area contributed by atoms with Crippen LogP contribution < -0.4 is 10.1 Å². The first-order chi connectivity index (χ1) is 12.7. The van der Waals surface area contributed by atoms with Gasteiger partial charge < -0.3 is 10.1 Å². The average molecular weight is 386 g/mol. The van der Waals surface area contributed by atoms with Crippen LogP contribution >= 0.6 is 23.1 Å². The minimum atomic E-state index is 0.185. The van der Waals surface area contributed by atoms with Gasteiger partial charge in [-0.25, -0.2) is 0 Å². The number of benzene rings is 2. The van der Waals surface area contributed by atoms with Crippen LogP contribution in [0.15, 0.2) is 58.9 Å². The number of carbonyl (C=O) groups is 1. The van der Waals surface area contributed by atoms with Gasteiger partial charge in [0.05, 0.1) is 7.11 Å². The van der Waals surface area contributed by atoms with Crippen molar-refractivity contribution in [1.29, 1.82) is 0 Å². The molecule has 0 aliphatic carbocycles. The van der Waals surface area contributed by atoms with Gasteiger partial charge in [-0.3, -0.25) is 4.79 Å². The van der Waals surface area contributed by atoms with Gasteiger partial charge in [-0.15, -0.1) is 10.2 Å². The number of hydrogen-bond donors (Lipinski definition) is 1. The minimum Gasteiger partial charge on any atom is -0.497 e.